The number of halogens is 1. The summed E-state index contributed by atoms with van der Waals surface area (Å²) >= 11 is 5.88. The molecule has 0 aliphatic rings. The van der Waals surface area contributed by atoms with Crippen LogP contribution in [0, 0.1) is 0 Å². The van der Waals surface area contributed by atoms with Gasteiger partial charge in [-0.25, -0.2) is 0 Å². The number of benzene rings is 3. The summed E-state index contributed by atoms with van der Waals surface area (Å²) in [6.07, 6.45) is 0. The normalized spacial score (nSPS) is 12.8. The Hall–Kier alpha value is -1.93. The van der Waals surface area contributed by atoms with Crippen LogP contribution in [0.4, 0.5) is 0 Å². The Kier molecular flexibility index (Phi) is 5.42. The molecule has 0 amide bonds. The van der Waals surface area contributed by atoms with Gasteiger partial charge >= 0.3 is 178 Å². The predicted molar refractivity (Wildman–Crippen MR) is 126 cm³/mol. The zero-order valence-electron chi connectivity index (χ0n) is 15.2. The molecule has 0 radical (unpaired) electrons. The van der Waals surface area contributed by atoms with Crippen LogP contribution in [-0.4, -0.2) is 16.4 Å². The van der Waals surface area contributed by atoms with E-state index < -0.39 is 10.6 Å². The zero-order chi connectivity index (χ0) is 19.5. The summed E-state index contributed by atoms with van der Waals surface area (Å²) in [5.41, 5.74) is 0. The van der Waals surface area contributed by atoms with Crippen LogP contribution < -0.4 is 13.1 Å². The van der Waals surface area contributed by atoms with E-state index in [1.807, 2.05) is 35.7 Å². The predicted octanol–water partition coefficient (Wildman–Crippen LogP) is 4.95. The van der Waals surface area contributed by atoms with Gasteiger partial charge in [-0.2, -0.15) is 0 Å². The van der Waals surface area contributed by atoms with Crippen molar-refractivity contribution in [1.82, 2.24) is 0 Å². The van der Waals surface area contributed by atoms with Gasteiger partial charge < -0.3 is 0 Å². The van der Waals surface area contributed by atoms with Gasteiger partial charge in [0.1, 0.15) is 0 Å². The summed E-state index contributed by atoms with van der Waals surface area (Å²) in [6, 6.07) is 35.4. The molecule has 0 saturated heterocycles. The first-order chi connectivity index (χ1) is 13.6. The van der Waals surface area contributed by atoms with Crippen LogP contribution in [0.3, 0.4) is 0 Å². The van der Waals surface area contributed by atoms with Crippen LogP contribution in [0.1, 0.15) is 9.67 Å². The molecule has 4 rings (SSSR count). The Morgan fingerprint density at radius 3 is 1.46 bits per heavy atom. The molecule has 4 heteroatoms. The van der Waals surface area contributed by atoms with E-state index in [2.05, 4.69) is 86.7 Å². The maximum atomic E-state index is 13.5. The molecule has 0 atom stereocenters. The third-order valence-corrected chi connectivity index (χ3v) is 24.2. The minimum absolute atomic E-state index is 0.189. The van der Waals surface area contributed by atoms with Crippen LogP contribution in [0.5, 0.6) is 0 Å². The topological polar surface area (TPSA) is 17.1 Å². The van der Waals surface area contributed by atoms with Crippen LogP contribution >= 0.6 is 25.3 Å². The average molecular weight is 511 g/mol. The molecule has 0 N–H and O–H groups in total. The molecule has 4 aromatic rings. The Bertz CT molecular complexity index is 964. The summed E-state index contributed by atoms with van der Waals surface area (Å²) < 4.78 is 3.63. The van der Waals surface area contributed by atoms with Crippen molar-refractivity contribution in [3.63, 3.8) is 0 Å². The van der Waals surface area contributed by atoms with Crippen molar-refractivity contribution in [2.24, 2.45) is 0 Å². The molecule has 0 aliphatic carbocycles. The van der Waals surface area contributed by atoms with E-state index in [4.69, 9.17) is 0 Å². The van der Waals surface area contributed by atoms with Gasteiger partial charge in [0.2, 0.25) is 0 Å². The van der Waals surface area contributed by atoms with Crippen molar-refractivity contribution >= 4 is 54.7 Å². The molecule has 0 unspecified atom stereocenters. The first-order valence-electron chi connectivity index (χ1n) is 9.09. The van der Waals surface area contributed by atoms with Gasteiger partial charge in [0.05, 0.1) is 0 Å². The van der Waals surface area contributed by atoms with E-state index in [0.29, 0.717) is 5.21 Å². The Balaban J connectivity index is 2.05. The summed E-state index contributed by atoms with van der Waals surface area (Å²) in [7, 11) is -3.92. The minimum atomic E-state index is -3.92. The van der Waals surface area contributed by atoms with E-state index in [0.717, 1.165) is 4.88 Å². The molecule has 1 nitrogen and oxygen atoms in total. The number of carbonyl (C=O) groups excluding carboxylic acids is 1. The Morgan fingerprint density at radius 1 is 0.679 bits per heavy atom. The summed E-state index contributed by atoms with van der Waals surface area (Å²) in [6.45, 7) is 0. The molecule has 0 bridgehead atoms. The average Bonchev–Trinajstić information content (AvgIpc) is 3.31. The van der Waals surface area contributed by atoms with Crippen LogP contribution in [0.15, 0.2) is 109 Å². The van der Waals surface area contributed by atoms with Gasteiger partial charge in [-0.15, -0.1) is 0 Å². The molecular weight excluding hydrogens is 491 g/mol. The maximum absolute atomic E-state index is 13.5. The third kappa shape index (κ3) is 3.22. The first kappa shape index (κ1) is 19.4. The number of hydrogen-bond acceptors (Lipinski definition) is 2. The monoisotopic (exact) mass is 510 g/mol. The van der Waals surface area contributed by atoms with Gasteiger partial charge in [-0.3, -0.25) is 0 Å². The summed E-state index contributed by atoms with van der Waals surface area (Å²) in [5.74, 6) is 0.189. The number of Topliss-reactive ketones (excluding diaryl/α,β-unsaturated/α-hetero) is 1. The molecule has 0 saturated carbocycles. The summed E-state index contributed by atoms with van der Waals surface area (Å²) in [5, 5.41) is 2.42. The van der Waals surface area contributed by atoms with Crippen molar-refractivity contribution in [3.8, 4) is 0 Å². The molecule has 1 heterocycles. The molecule has 0 spiro atoms. The molecule has 1 aromatic heterocycles. The van der Waals surface area contributed by atoms with Crippen molar-refractivity contribution < 1.29 is 4.79 Å². The fourth-order valence-electron chi connectivity index (χ4n) is 3.72. The van der Waals surface area contributed by atoms with E-state index in [1.54, 1.807) is 0 Å². The van der Waals surface area contributed by atoms with Gasteiger partial charge in [0, 0.05) is 0 Å². The molecule has 0 fully saturated rings. The van der Waals surface area contributed by atoms with E-state index >= 15 is 0 Å². The Morgan fingerprint density at radius 2 is 1.11 bits per heavy atom. The second-order valence-electron chi connectivity index (χ2n) is 6.75. The Labute approximate surface area is 177 Å². The van der Waals surface area contributed by atoms with Crippen LogP contribution in [0.25, 0.3) is 0 Å². The fourth-order valence-corrected chi connectivity index (χ4v) is 19.0. The van der Waals surface area contributed by atoms with Gasteiger partial charge in [-0.05, 0) is 0 Å². The number of rotatable bonds is 6. The van der Waals surface area contributed by atoms with Gasteiger partial charge in [0.15, 0.2) is 0 Å². The van der Waals surface area contributed by atoms with E-state index in [-0.39, 0.29) is 5.78 Å². The standard InChI is InChI=1S/C24H20AsBrOS/c26-25(20-11-4-1-5-12-20,21-13-6-2-7-14-21,22-15-8-3-9-16-22)19-23(27)24-17-10-18-28-24/h1-18H,19H2. The molecule has 3 aromatic carbocycles. The first-order valence-corrected chi connectivity index (χ1v) is 18.5. The molecular formula is C24H20AsBrOS. The molecule has 0 aliphatic heterocycles. The van der Waals surface area contributed by atoms with E-state index in [1.165, 1.54) is 24.4 Å². The van der Waals surface area contributed by atoms with Crippen LogP contribution in [0.2, 0.25) is 5.21 Å². The SMILES string of the molecule is O=C(C[As](Br)(c1ccccc1)(c1ccccc1)c1ccccc1)c1cccs1. The van der Waals surface area contributed by atoms with Crippen molar-refractivity contribution in [2.75, 3.05) is 0 Å². The number of thiophene rings is 1. The second kappa shape index (κ2) is 7.83. The second-order valence-corrected chi connectivity index (χ2v) is 24.7. The molecule has 28 heavy (non-hydrogen) atoms. The summed E-state index contributed by atoms with van der Waals surface area (Å²) in [4.78, 5) is 14.3. The number of ketones is 1. The zero-order valence-corrected chi connectivity index (χ0v) is 19.5. The van der Waals surface area contributed by atoms with E-state index in [9.17, 15) is 4.79 Å². The van der Waals surface area contributed by atoms with Crippen molar-refractivity contribution in [3.05, 3.63) is 113 Å². The number of hydrogen-bond donors (Lipinski definition) is 0. The third-order valence-electron chi connectivity index (χ3n) is 5.12. The van der Waals surface area contributed by atoms with Gasteiger partial charge in [-0.1, -0.05) is 0 Å². The van der Waals surface area contributed by atoms with Crippen LogP contribution in [-0.2, 0) is 0 Å². The van der Waals surface area contributed by atoms with Crippen molar-refractivity contribution in [2.45, 2.75) is 5.21 Å². The van der Waals surface area contributed by atoms with Crippen molar-refractivity contribution in [1.29, 1.82) is 0 Å². The number of carbonyl (C=O) groups is 1. The van der Waals surface area contributed by atoms with Gasteiger partial charge in [0.25, 0.3) is 0 Å². The quantitative estimate of drug-likeness (QED) is 0.265. The molecule has 140 valence electrons. The fraction of sp³-hybridized carbons (Fsp3) is 0.0417.